The van der Waals surface area contributed by atoms with Crippen molar-refractivity contribution in [2.45, 2.75) is 32.4 Å². The van der Waals surface area contributed by atoms with Crippen molar-refractivity contribution >= 4 is 16.5 Å². The Labute approximate surface area is 99.9 Å². The Morgan fingerprint density at radius 3 is 3.12 bits per heavy atom. The molecule has 1 aliphatic rings. The van der Waals surface area contributed by atoms with E-state index >= 15 is 0 Å². The summed E-state index contributed by atoms with van der Waals surface area (Å²) in [5.74, 6) is 0. The Kier molecular flexibility index (Phi) is 3.78. The fourth-order valence-corrected chi connectivity index (χ4v) is 2.81. The van der Waals surface area contributed by atoms with E-state index in [1.54, 1.807) is 11.3 Å². The number of hydrogen-bond acceptors (Lipinski definition) is 5. The van der Waals surface area contributed by atoms with Crippen LogP contribution in [-0.2, 0) is 11.2 Å². The zero-order valence-electron chi connectivity index (χ0n) is 9.72. The Morgan fingerprint density at radius 2 is 2.50 bits per heavy atom. The number of thiazole rings is 1. The van der Waals surface area contributed by atoms with E-state index in [1.165, 1.54) is 0 Å². The first-order valence-electron chi connectivity index (χ1n) is 5.68. The number of nitrogens with zero attached hydrogens (tertiary/aromatic N) is 2. The smallest absolute Gasteiger partial charge is 0.185 e. The maximum Gasteiger partial charge on any atom is 0.185 e. The van der Waals surface area contributed by atoms with Crippen molar-refractivity contribution in [1.82, 2.24) is 4.98 Å². The molecule has 90 valence electrons. The minimum Gasteiger partial charge on any atom is -0.394 e. The number of aliphatic hydroxyl groups excluding tert-OH is 1. The van der Waals surface area contributed by atoms with Gasteiger partial charge in [-0.25, -0.2) is 4.98 Å². The zero-order valence-corrected chi connectivity index (χ0v) is 10.5. The van der Waals surface area contributed by atoms with Crippen molar-refractivity contribution in [3.05, 3.63) is 11.1 Å². The lowest BCUT2D eigenvalue weighted by Crippen LogP contribution is -2.49. The Morgan fingerprint density at radius 1 is 1.69 bits per heavy atom. The number of ether oxygens (including phenoxy) is 1. The first-order valence-corrected chi connectivity index (χ1v) is 6.56. The van der Waals surface area contributed by atoms with E-state index in [-0.39, 0.29) is 12.7 Å². The molecule has 4 nitrogen and oxygen atoms in total. The van der Waals surface area contributed by atoms with E-state index in [1.807, 2.05) is 0 Å². The number of aliphatic hydroxyl groups is 1. The second kappa shape index (κ2) is 5.12. The van der Waals surface area contributed by atoms with Crippen LogP contribution in [-0.4, -0.2) is 42.0 Å². The Balaban J connectivity index is 2.11. The monoisotopic (exact) mass is 242 g/mol. The van der Waals surface area contributed by atoms with Gasteiger partial charge in [-0.15, -0.1) is 11.3 Å². The molecule has 0 bridgehead atoms. The van der Waals surface area contributed by atoms with E-state index in [0.717, 1.165) is 23.8 Å². The normalized spacial score (nSPS) is 26.1. The minimum atomic E-state index is -0.0785. The highest BCUT2D eigenvalue weighted by Crippen LogP contribution is 2.25. The highest BCUT2D eigenvalue weighted by atomic mass is 32.1. The van der Waals surface area contributed by atoms with Crippen LogP contribution in [0.5, 0.6) is 0 Å². The molecule has 1 aromatic heterocycles. The van der Waals surface area contributed by atoms with Gasteiger partial charge in [0.15, 0.2) is 5.13 Å². The van der Waals surface area contributed by atoms with E-state index in [2.05, 4.69) is 29.1 Å². The quantitative estimate of drug-likeness (QED) is 0.867. The molecular formula is C11H18N2O2S. The van der Waals surface area contributed by atoms with Crippen molar-refractivity contribution in [2.24, 2.45) is 0 Å². The number of aryl methyl sites for hydroxylation is 1. The van der Waals surface area contributed by atoms with Crippen LogP contribution in [0, 0.1) is 0 Å². The third kappa shape index (κ3) is 2.36. The van der Waals surface area contributed by atoms with Crippen molar-refractivity contribution in [2.75, 3.05) is 24.7 Å². The number of hydrogen-bond donors (Lipinski definition) is 1. The van der Waals surface area contributed by atoms with Gasteiger partial charge >= 0.3 is 0 Å². The maximum absolute atomic E-state index is 9.12. The van der Waals surface area contributed by atoms with E-state index in [9.17, 15) is 0 Å². The van der Waals surface area contributed by atoms with Gasteiger partial charge in [-0.3, -0.25) is 0 Å². The lowest BCUT2D eigenvalue weighted by atomic mass is 10.2. The predicted octanol–water partition coefficient (Wildman–Crippen LogP) is 1.29. The summed E-state index contributed by atoms with van der Waals surface area (Å²) in [5, 5.41) is 12.3. The van der Waals surface area contributed by atoms with Crippen molar-refractivity contribution in [3.63, 3.8) is 0 Å². The molecule has 2 atom stereocenters. The lowest BCUT2D eigenvalue weighted by molar-refractivity contribution is -0.0103. The molecule has 2 unspecified atom stereocenters. The van der Waals surface area contributed by atoms with Gasteiger partial charge in [0.05, 0.1) is 31.1 Å². The Hall–Kier alpha value is -0.650. The average Bonchev–Trinajstić information content (AvgIpc) is 2.78. The number of rotatable bonds is 3. The number of anilines is 1. The summed E-state index contributed by atoms with van der Waals surface area (Å²) in [7, 11) is 0. The first-order chi connectivity index (χ1) is 7.74. The lowest BCUT2D eigenvalue weighted by Gasteiger charge is -2.37. The molecule has 1 aromatic rings. The van der Waals surface area contributed by atoms with Crippen LogP contribution in [0.4, 0.5) is 5.13 Å². The van der Waals surface area contributed by atoms with Gasteiger partial charge in [0.1, 0.15) is 0 Å². The maximum atomic E-state index is 9.12. The van der Waals surface area contributed by atoms with Crippen LogP contribution >= 0.6 is 11.3 Å². The number of morpholine rings is 1. The van der Waals surface area contributed by atoms with Crippen LogP contribution in [0.15, 0.2) is 5.38 Å². The summed E-state index contributed by atoms with van der Waals surface area (Å²) >= 11 is 1.67. The van der Waals surface area contributed by atoms with Gasteiger partial charge in [-0.05, 0) is 13.3 Å². The Bertz CT molecular complexity index is 342. The molecule has 16 heavy (non-hydrogen) atoms. The summed E-state index contributed by atoms with van der Waals surface area (Å²) in [4.78, 5) is 6.81. The fourth-order valence-electron chi connectivity index (χ4n) is 1.79. The topological polar surface area (TPSA) is 45.6 Å². The van der Waals surface area contributed by atoms with Gasteiger partial charge in [-0.1, -0.05) is 6.92 Å². The standard InChI is InChI=1S/C11H18N2O2S/c1-3-9-7-16-11(12-9)13-4-10(5-14)15-6-8(13)2/h7-8,10,14H,3-6H2,1-2H3. The van der Waals surface area contributed by atoms with E-state index < -0.39 is 0 Å². The van der Waals surface area contributed by atoms with Crippen LogP contribution in [0.2, 0.25) is 0 Å². The fraction of sp³-hybridized carbons (Fsp3) is 0.727. The van der Waals surface area contributed by atoms with Gasteiger partial charge in [0, 0.05) is 11.9 Å². The third-order valence-corrected chi connectivity index (χ3v) is 3.78. The largest absolute Gasteiger partial charge is 0.394 e. The summed E-state index contributed by atoms with van der Waals surface area (Å²) < 4.78 is 5.51. The van der Waals surface area contributed by atoms with Crippen LogP contribution in [0.25, 0.3) is 0 Å². The molecule has 0 saturated carbocycles. The van der Waals surface area contributed by atoms with Crippen molar-refractivity contribution in [1.29, 1.82) is 0 Å². The van der Waals surface area contributed by atoms with Gasteiger partial charge in [0.2, 0.25) is 0 Å². The zero-order chi connectivity index (χ0) is 11.5. The molecule has 0 aliphatic carbocycles. The highest BCUT2D eigenvalue weighted by Gasteiger charge is 2.27. The van der Waals surface area contributed by atoms with Crippen LogP contribution < -0.4 is 4.90 Å². The molecule has 1 fully saturated rings. The average molecular weight is 242 g/mol. The molecule has 1 aliphatic heterocycles. The highest BCUT2D eigenvalue weighted by molar-refractivity contribution is 7.13. The van der Waals surface area contributed by atoms with Crippen molar-refractivity contribution in [3.8, 4) is 0 Å². The molecule has 2 rings (SSSR count). The number of aromatic nitrogens is 1. The van der Waals surface area contributed by atoms with E-state index in [4.69, 9.17) is 9.84 Å². The van der Waals surface area contributed by atoms with Gasteiger partial charge < -0.3 is 14.7 Å². The summed E-state index contributed by atoms with van der Waals surface area (Å²) in [6.07, 6.45) is 0.892. The molecule has 5 heteroatoms. The minimum absolute atomic E-state index is 0.0785. The summed E-state index contributed by atoms with van der Waals surface area (Å²) in [6, 6.07) is 0.332. The molecular weight excluding hydrogens is 224 g/mol. The second-order valence-electron chi connectivity index (χ2n) is 4.11. The summed E-state index contributed by atoms with van der Waals surface area (Å²) in [6.45, 7) is 5.70. The second-order valence-corrected chi connectivity index (χ2v) is 4.95. The predicted molar refractivity (Wildman–Crippen MR) is 65.1 cm³/mol. The van der Waals surface area contributed by atoms with Gasteiger partial charge in [0.25, 0.3) is 0 Å². The molecule has 0 amide bonds. The van der Waals surface area contributed by atoms with E-state index in [0.29, 0.717) is 12.6 Å². The van der Waals surface area contributed by atoms with Gasteiger partial charge in [-0.2, -0.15) is 0 Å². The molecule has 0 spiro atoms. The molecule has 0 radical (unpaired) electrons. The molecule has 0 aromatic carbocycles. The van der Waals surface area contributed by atoms with Crippen LogP contribution in [0.3, 0.4) is 0 Å². The molecule has 1 saturated heterocycles. The first kappa shape index (κ1) is 11.8. The third-order valence-electron chi connectivity index (χ3n) is 2.86. The molecule has 1 N–H and O–H groups in total. The summed E-state index contributed by atoms with van der Waals surface area (Å²) in [5.41, 5.74) is 1.14. The van der Waals surface area contributed by atoms with Crippen LogP contribution in [0.1, 0.15) is 19.5 Å². The SMILES string of the molecule is CCc1csc(N2CC(CO)OCC2C)n1. The van der Waals surface area contributed by atoms with Crippen molar-refractivity contribution < 1.29 is 9.84 Å². The molecule has 2 heterocycles.